The second-order valence-corrected chi connectivity index (χ2v) is 24.0. The maximum Gasteiger partial charge on any atom is 0.171 e. The predicted molar refractivity (Wildman–Crippen MR) is 151 cm³/mol. The summed E-state index contributed by atoms with van der Waals surface area (Å²) in [6.45, 7) is 18.9. The minimum atomic E-state index is -1.14. The first kappa shape index (κ1) is 27.1. The second kappa shape index (κ2) is 11.9. The van der Waals surface area contributed by atoms with Crippen LogP contribution < -0.4 is 10.2 Å². The zero-order chi connectivity index (χ0) is 24.1. The molecule has 1 atom stereocenters. The van der Waals surface area contributed by atoms with Crippen LogP contribution in [0.2, 0.25) is 51.4 Å². The lowest BCUT2D eigenvalue weighted by atomic mass is 9.96. The van der Waals surface area contributed by atoms with E-state index in [-0.39, 0.29) is 0 Å². The molecule has 3 rings (SSSR count). The van der Waals surface area contributed by atoms with E-state index in [1.165, 1.54) is 12.8 Å². The lowest BCUT2D eigenvalue weighted by Crippen LogP contribution is -2.34. The molecule has 186 valence electrons. The van der Waals surface area contributed by atoms with Crippen LogP contribution in [0.5, 0.6) is 0 Å². The Hall–Kier alpha value is -0.536. The highest BCUT2D eigenvalue weighted by Crippen LogP contribution is 2.28. The molecule has 1 unspecified atom stereocenters. The van der Waals surface area contributed by atoms with Crippen molar-refractivity contribution in [3.8, 4) is 0 Å². The first-order chi connectivity index (χ1) is 15.5. The van der Waals surface area contributed by atoms with Crippen LogP contribution in [0.3, 0.4) is 0 Å². The van der Waals surface area contributed by atoms with E-state index in [1.54, 1.807) is 0 Å². The number of hydrogen-bond donors (Lipinski definition) is 1. The fourth-order valence-corrected chi connectivity index (χ4v) is 5.74. The minimum Gasteiger partial charge on any atom is -0.361 e. The molecule has 2 aromatic heterocycles. The van der Waals surface area contributed by atoms with Crippen molar-refractivity contribution in [1.82, 2.24) is 19.9 Å². The highest BCUT2D eigenvalue weighted by Gasteiger charge is 2.23. The van der Waals surface area contributed by atoms with Gasteiger partial charge in [-0.2, -0.15) is 9.61 Å². The molecule has 0 bridgehead atoms. The Labute approximate surface area is 215 Å². The van der Waals surface area contributed by atoms with Gasteiger partial charge in [-0.05, 0) is 54.1 Å². The first-order valence-corrected chi connectivity index (χ1v) is 20.7. The van der Waals surface area contributed by atoms with Crippen LogP contribution in [-0.2, 0) is 9.47 Å². The normalized spacial score (nSPS) is 17.6. The number of rotatable bonds is 12. The SMILES string of the molecule is C[Si](C)(C)CCOCN(COCC[Si](C)(C)C)c1cc(C2CCCNC2)nc2c(I)cnn12. The van der Waals surface area contributed by atoms with E-state index in [2.05, 4.69) is 83.3 Å². The van der Waals surface area contributed by atoms with Gasteiger partial charge in [-0.1, -0.05) is 39.3 Å². The number of halogens is 1. The van der Waals surface area contributed by atoms with E-state index in [9.17, 15) is 0 Å². The molecule has 7 nitrogen and oxygen atoms in total. The molecule has 10 heteroatoms. The van der Waals surface area contributed by atoms with E-state index in [0.29, 0.717) is 19.4 Å². The largest absolute Gasteiger partial charge is 0.361 e. The Morgan fingerprint density at radius 1 is 1.09 bits per heavy atom. The van der Waals surface area contributed by atoms with Gasteiger partial charge < -0.3 is 19.7 Å². The van der Waals surface area contributed by atoms with Crippen molar-refractivity contribution in [2.24, 2.45) is 0 Å². The molecule has 0 aromatic carbocycles. The standard InChI is InChI=1S/C23H42IN5O2Si2/c1-32(2,3)12-10-30-17-28(18-31-11-13-33(4,5)6)22-14-21(19-8-7-9-25-15-19)27-23-20(24)16-26-29(22)23/h14,16,19,25H,7-13,15,17-18H2,1-6H3. The fraction of sp³-hybridized carbons (Fsp3) is 0.739. The maximum absolute atomic E-state index is 6.18. The third-order valence-corrected chi connectivity index (χ3v) is 10.1. The molecule has 2 aromatic rings. The summed E-state index contributed by atoms with van der Waals surface area (Å²) >= 11 is 2.33. The zero-order valence-corrected chi connectivity index (χ0v) is 25.4. The molecule has 0 saturated carbocycles. The third kappa shape index (κ3) is 8.57. The molecular weight excluding hydrogens is 561 g/mol. The van der Waals surface area contributed by atoms with Crippen LogP contribution in [0.1, 0.15) is 24.5 Å². The van der Waals surface area contributed by atoms with Crippen molar-refractivity contribution < 1.29 is 9.47 Å². The van der Waals surface area contributed by atoms with E-state index in [0.717, 1.165) is 59.1 Å². The molecule has 1 aliphatic rings. The zero-order valence-electron chi connectivity index (χ0n) is 21.3. The van der Waals surface area contributed by atoms with E-state index in [1.807, 2.05) is 10.7 Å². The highest BCUT2D eigenvalue weighted by atomic mass is 127. The van der Waals surface area contributed by atoms with E-state index in [4.69, 9.17) is 14.5 Å². The molecule has 0 amide bonds. The maximum atomic E-state index is 6.18. The summed E-state index contributed by atoms with van der Waals surface area (Å²) in [6.07, 6.45) is 4.25. The van der Waals surface area contributed by atoms with Gasteiger partial charge in [0.1, 0.15) is 19.3 Å². The summed E-state index contributed by atoms with van der Waals surface area (Å²) in [5.74, 6) is 1.43. The van der Waals surface area contributed by atoms with Crippen molar-refractivity contribution in [3.63, 3.8) is 0 Å². The van der Waals surface area contributed by atoms with Crippen LogP contribution in [0, 0.1) is 3.57 Å². The second-order valence-electron chi connectivity index (χ2n) is 11.5. The lowest BCUT2D eigenvalue weighted by molar-refractivity contribution is 0.0942. The number of piperidine rings is 1. The molecule has 1 fully saturated rings. The van der Waals surface area contributed by atoms with Crippen molar-refractivity contribution >= 4 is 50.2 Å². The number of fused-ring (bicyclic) bond motifs is 1. The molecule has 1 aliphatic heterocycles. The number of ether oxygens (including phenoxy) is 2. The summed E-state index contributed by atoms with van der Waals surface area (Å²) < 4.78 is 15.4. The molecule has 1 saturated heterocycles. The average molecular weight is 604 g/mol. The Morgan fingerprint density at radius 2 is 1.73 bits per heavy atom. The molecule has 1 N–H and O–H groups in total. The summed E-state index contributed by atoms with van der Waals surface area (Å²) in [5.41, 5.74) is 2.06. The summed E-state index contributed by atoms with van der Waals surface area (Å²) in [5, 5.41) is 8.18. The third-order valence-electron chi connectivity index (χ3n) is 5.96. The Balaban J connectivity index is 1.83. The van der Waals surface area contributed by atoms with Gasteiger partial charge in [0, 0.05) is 47.9 Å². The van der Waals surface area contributed by atoms with Crippen LogP contribution in [0.15, 0.2) is 12.3 Å². The van der Waals surface area contributed by atoms with E-state index < -0.39 is 16.1 Å². The molecule has 0 radical (unpaired) electrons. The number of hydrogen-bond acceptors (Lipinski definition) is 6. The highest BCUT2D eigenvalue weighted by molar-refractivity contribution is 14.1. The summed E-state index contributed by atoms with van der Waals surface area (Å²) in [6, 6.07) is 4.51. The number of nitrogens with one attached hydrogen (secondary N) is 1. The van der Waals surface area contributed by atoms with Crippen LogP contribution in [-0.4, -0.2) is 70.5 Å². The number of anilines is 1. The summed E-state index contributed by atoms with van der Waals surface area (Å²) in [7, 11) is -2.28. The van der Waals surface area contributed by atoms with E-state index >= 15 is 0 Å². The van der Waals surface area contributed by atoms with Gasteiger partial charge in [0.15, 0.2) is 5.65 Å². The quantitative estimate of drug-likeness (QED) is 0.155. The monoisotopic (exact) mass is 603 g/mol. The van der Waals surface area contributed by atoms with Gasteiger partial charge in [-0.3, -0.25) is 0 Å². The predicted octanol–water partition coefficient (Wildman–Crippen LogP) is 5.23. The number of aromatic nitrogens is 3. The van der Waals surface area contributed by atoms with Crippen LogP contribution >= 0.6 is 22.6 Å². The van der Waals surface area contributed by atoms with Gasteiger partial charge in [0.05, 0.1) is 15.5 Å². The Kier molecular flexibility index (Phi) is 9.79. The fourth-order valence-electron chi connectivity index (χ4n) is 3.75. The lowest BCUT2D eigenvalue weighted by Gasteiger charge is -2.28. The van der Waals surface area contributed by atoms with Crippen LogP contribution in [0.4, 0.5) is 5.82 Å². The topological polar surface area (TPSA) is 63.9 Å². The molecule has 0 spiro atoms. The molecular formula is C23H42IN5O2Si2. The Morgan fingerprint density at radius 3 is 2.27 bits per heavy atom. The Bertz CT molecular complexity index is 869. The van der Waals surface area contributed by atoms with Gasteiger partial charge >= 0.3 is 0 Å². The van der Waals surface area contributed by atoms with Gasteiger partial charge in [0.25, 0.3) is 0 Å². The summed E-state index contributed by atoms with van der Waals surface area (Å²) in [4.78, 5) is 7.20. The van der Waals surface area contributed by atoms with Crippen molar-refractivity contribution in [2.45, 2.75) is 70.1 Å². The van der Waals surface area contributed by atoms with Gasteiger partial charge in [-0.15, -0.1) is 0 Å². The first-order valence-electron chi connectivity index (χ1n) is 12.2. The van der Waals surface area contributed by atoms with Crippen LogP contribution in [0.25, 0.3) is 5.65 Å². The molecule has 33 heavy (non-hydrogen) atoms. The molecule has 0 aliphatic carbocycles. The van der Waals surface area contributed by atoms with Crippen molar-refractivity contribution in [3.05, 3.63) is 21.5 Å². The average Bonchev–Trinajstić information content (AvgIpc) is 3.12. The molecule has 3 heterocycles. The minimum absolute atomic E-state index is 0.427. The van der Waals surface area contributed by atoms with Crippen molar-refractivity contribution in [2.75, 3.05) is 44.7 Å². The number of nitrogens with zero attached hydrogens (tertiary/aromatic N) is 4. The van der Waals surface area contributed by atoms with Crippen molar-refractivity contribution in [1.29, 1.82) is 0 Å². The smallest absolute Gasteiger partial charge is 0.171 e. The van der Waals surface area contributed by atoms with Gasteiger partial charge in [0.2, 0.25) is 0 Å². The van der Waals surface area contributed by atoms with Gasteiger partial charge in [-0.25, -0.2) is 4.98 Å².